The lowest BCUT2D eigenvalue weighted by Crippen LogP contribution is -2.56. The van der Waals surface area contributed by atoms with E-state index in [0.717, 1.165) is 95.3 Å². The molecule has 8 rings (SSSR count). The van der Waals surface area contributed by atoms with Crippen LogP contribution in [0.15, 0.2) is 36.4 Å². The third-order valence-corrected chi connectivity index (χ3v) is 12.6. The van der Waals surface area contributed by atoms with Gasteiger partial charge in [0.1, 0.15) is 30.2 Å². The van der Waals surface area contributed by atoms with Gasteiger partial charge in [0.2, 0.25) is 18.3 Å². The minimum absolute atomic E-state index is 0.0573. The van der Waals surface area contributed by atoms with Gasteiger partial charge in [0.25, 0.3) is 0 Å². The molecule has 1 aromatic carbocycles. The van der Waals surface area contributed by atoms with Gasteiger partial charge in [0.15, 0.2) is 0 Å². The van der Waals surface area contributed by atoms with E-state index in [4.69, 9.17) is 30.8 Å². The van der Waals surface area contributed by atoms with Gasteiger partial charge < -0.3 is 28.9 Å². The van der Waals surface area contributed by atoms with Crippen LogP contribution in [0.5, 0.6) is 11.9 Å². The normalized spacial score (nSPS) is 29.5. The van der Waals surface area contributed by atoms with Crippen molar-refractivity contribution in [3.8, 4) is 11.9 Å². The van der Waals surface area contributed by atoms with Crippen molar-refractivity contribution in [1.29, 1.82) is 0 Å². The number of benzene rings is 1. The predicted molar refractivity (Wildman–Crippen MR) is 195 cm³/mol. The molecule has 4 saturated heterocycles. The number of ether oxygens (including phenoxy) is 3. The van der Waals surface area contributed by atoms with Crippen molar-refractivity contribution in [2.75, 3.05) is 77.5 Å². The lowest BCUT2D eigenvalue weighted by atomic mass is 9.75. The Morgan fingerprint density at radius 2 is 1.94 bits per heavy atom. The fraction of sp³-hybridized carbons (Fsp3) is 0.650. The monoisotopic (exact) mass is 713 g/mol. The maximum absolute atomic E-state index is 14.6. The highest BCUT2D eigenvalue weighted by atomic mass is 19.1. The first kappa shape index (κ1) is 35.3. The number of anilines is 1. The lowest BCUT2D eigenvalue weighted by Gasteiger charge is -2.44. The van der Waals surface area contributed by atoms with Crippen molar-refractivity contribution < 1.29 is 23.4 Å². The molecule has 1 amide bonds. The van der Waals surface area contributed by atoms with E-state index in [1.54, 1.807) is 13.2 Å². The number of rotatable bonds is 9. The molecule has 1 spiro atoms. The molecule has 12 heteroatoms. The summed E-state index contributed by atoms with van der Waals surface area (Å²) < 4.78 is 33.6. The molecule has 11 nitrogen and oxygen atoms in total. The number of aryl methyl sites for hydroxylation is 1. The summed E-state index contributed by atoms with van der Waals surface area (Å²) in [5, 5.41) is 0. The van der Waals surface area contributed by atoms with Crippen LogP contribution in [0, 0.1) is 6.57 Å². The molecular formula is C40H52FN7O4. The van der Waals surface area contributed by atoms with E-state index >= 15 is 0 Å². The second-order valence-electron chi connectivity index (χ2n) is 15.7. The molecule has 4 atom stereocenters. The third-order valence-electron chi connectivity index (χ3n) is 12.6. The molecule has 2 aromatic rings. The number of aromatic nitrogens is 2. The topological polar surface area (TPSA) is 87.9 Å². The Kier molecular flexibility index (Phi) is 10.1. The summed E-state index contributed by atoms with van der Waals surface area (Å²) in [7, 11) is 1.77. The van der Waals surface area contributed by atoms with Crippen LogP contribution >= 0.6 is 0 Å². The van der Waals surface area contributed by atoms with E-state index in [-0.39, 0.29) is 30.0 Å². The largest absolute Gasteiger partial charge is 0.466 e. The number of piperazine rings is 1. The summed E-state index contributed by atoms with van der Waals surface area (Å²) in [5.41, 5.74) is 2.74. The SMILES string of the molecule is [C-]#[N+]C[C@H]1CN(c2nc(OC[C@@]34CCCN3C[C@H](F)C4)nc3c2CCC2(CCCc4ccccc42)O3)CCN1C(=O)/C=C/CN1CCC(OC)CC1. The number of hydrogen-bond acceptors (Lipinski definition) is 9. The minimum Gasteiger partial charge on any atom is -0.466 e. The van der Waals surface area contributed by atoms with Crippen LogP contribution in [0.1, 0.15) is 68.1 Å². The Labute approximate surface area is 306 Å². The second-order valence-corrected chi connectivity index (χ2v) is 15.7. The maximum Gasteiger partial charge on any atom is 0.321 e. The van der Waals surface area contributed by atoms with Gasteiger partial charge in [-0.25, -0.2) is 11.0 Å². The number of nitrogens with zero attached hydrogens (tertiary/aromatic N) is 7. The average Bonchev–Trinajstić information content (AvgIpc) is 3.69. The van der Waals surface area contributed by atoms with E-state index in [2.05, 4.69) is 43.8 Å². The number of methoxy groups -OCH3 is 1. The summed E-state index contributed by atoms with van der Waals surface area (Å²) in [5.74, 6) is 1.25. The molecule has 0 bridgehead atoms. The first-order chi connectivity index (χ1) is 25.4. The molecule has 1 unspecified atom stereocenters. The minimum atomic E-state index is -0.847. The number of halogens is 1. The van der Waals surface area contributed by atoms with Crippen molar-refractivity contribution in [3.63, 3.8) is 0 Å². The summed E-state index contributed by atoms with van der Waals surface area (Å²) in [6, 6.07) is 8.56. The van der Waals surface area contributed by atoms with Crippen molar-refractivity contribution >= 4 is 11.7 Å². The van der Waals surface area contributed by atoms with Crippen LogP contribution in [-0.4, -0.2) is 127 Å². The number of carbonyl (C=O) groups is 1. The number of likely N-dealkylation sites (tertiary alicyclic amines) is 1. The number of amides is 1. The van der Waals surface area contributed by atoms with Crippen LogP contribution in [0.4, 0.5) is 10.2 Å². The third kappa shape index (κ3) is 6.88. The molecule has 5 aliphatic heterocycles. The molecular weight excluding hydrogens is 661 g/mol. The zero-order chi connectivity index (χ0) is 35.7. The summed E-state index contributed by atoms with van der Waals surface area (Å²) >= 11 is 0. The van der Waals surface area contributed by atoms with E-state index < -0.39 is 11.8 Å². The molecule has 52 heavy (non-hydrogen) atoms. The van der Waals surface area contributed by atoms with Crippen LogP contribution < -0.4 is 14.4 Å². The summed E-state index contributed by atoms with van der Waals surface area (Å²) in [6.45, 7) is 13.8. The maximum atomic E-state index is 14.6. The highest BCUT2D eigenvalue weighted by Gasteiger charge is 2.50. The first-order valence-electron chi connectivity index (χ1n) is 19.4. The van der Waals surface area contributed by atoms with Gasteiger partial charge in [-0.2, -0.15) is 9.97 Å². The van der Waals surface area contributed by atoms with E-state index in [1.165, 1.54) is 11.1 Å². The van der Waals surface area contributed by atoms with Gasteiger partial charge in [0, 0.05) is 65.4 Å². The molecule has 0 radical (unpaired) electrons. The Morgan fingerprint density at radius 3 is 2.79 bits per heavy atom. The van der Waals surface area contributed by atoms with Gasteiger partial charge in [-0.1, -0.05) is 30.3 Å². The van der Waals surface area contributed by atoms with Gasteiger partial charge in [-0.3, -0.25) is 14.6 Å². The highest BCUT2D eigenvalue weighted by molar-refractivity contribution is 5.88. The summed E-state index contributed by atoms with van der Waals surface area (Å²) in [4.78, 5) is 35.9. The van der Waals surface area contributed by atoms with Crippen LogP contribution in [-0.2, 0) is 28.0 Å². The molecule has 0 N–H and O–H groups in total. The smallest absolute Gasteiger partial charge is 0.321 e. The van der Waals surface area contributed by atoms with Crippen molar-refractivity contribution in [3.05, 3.63) is 64.5 Å². The number of alkyl halides is 1. The zero-order valence-corrected chi connectivity index (χ0v) is 30.5. The Balaban J connectivity index is 1.03. The predicted octanol–water partition coefficient (Wildman–Crippen LogP) is 4.59. The number of fused-ring (bicyclic) bond motifs is 4. The zero-order valence-electron chi connectivity index (χ0n) is 30.5. The van der Waals surface area contributed by atoms with E-state index in [9.17, 15) is 9.18 Å². The molecule has 6 heterocycles. The van der Waals surface area contributed by atoms with Gasteiger partial charge in [-0.05, 0) is 75.5 Å². The average molecular weight is 714 g/mol. The molecule has 6 aliphatic rings. The molecule has 1 aromatic heterocycles. The van der Waals surface area contributed by atoms with Crippen LogP contribution in [0.25, 0.3) is 4.85 Å². The standard InChI is InChI=1S/C40H52FN7O4/c1-42-25-31-27-46(22-23-48(31)35(49)11-6-18-45-20-13-32(50-2)14-21-45)36-33-12-17-40(16-5-9-29-8-3-4-10-34(29)40)52-37(33)44-38(43-36)51-28-39-15-7-19-47(39)26-30(41)24-39/h3-4,6,8,10-11,30-32H,5,7,9,12-28H2,2H3/b11-6+/t30-,31+,39+,40?/m1/s1. The fourth-order valence-electron chi connectivity index (χ4n) is 9.85. The molecule has 4 fully saturated rings. The van der Waals surface area contributed by atoms with Gasteiger partial charge in [0.05, 0.1) is 17.2 Å². The number of hydrogen-bond donors (Lipinski definition) is 0. The van der Waals surface area contributed by atoms with Gasteiger partial charge in [-0.15, -0.1) is 0 Å². The van der Waals surface area contributed by atoms with E-state index in [0.29, 0.717) is 51.2 Å². The van der Waals surface area contributed by atoms with Gasteiger partial charge >= 0.3 is 6.01 Å². The molecule has 1 aliphatic carbocycles. The quantitative estimate of drug-likeness (QED) is 0.274. The van der Waals surface area contributed by atoms with Crippen LogP contribution in [0.3, 0.4) is 0 Å². The highest BCUT2D eigenvalue weighted by Crippen LogP contribution is 2.48. The fourth-order valence-corrected chi connectivity index (χ4v) is 9.85. The number of carbonyl (C=O) groups excluding carboxylic acids is 1. The Morgan fingerprint density at radius 1 is 1.08 bits per heavy atom. The van der Waals surface area contributed by atoms with E-state index in [1.807, 2.05) is 11.0 Å². The molecule has 278 valence electrons. The molecule has 0 saturated carbocycles. The number of piperidine rings is 1. The van der Waals surface area contributed by atoms with Crippen molar-refractivity contribution in [1.82, 2.24) is 24.7 Å². The first-order valence-corrected chi connectivity index (χ1v) is 19.4. The lowest BCUT2D eigenvalue weighted by molar-refractivity contribution is -0.128. The van der Waals surface area contributed by atoms with Crippen molar-refractivity contribution in [2.45, 2.75) is 93.7 Å². The Bertz CT molecular complexity index is 1690. The summed E-state index contributed by atoms with van der Waals surface area (Å²) in [6.07, 6.45) is 12.1. The second kappa shape index (κ2) is 14.9. The van der Waals surface area contributed by atoms with Crippen molar-refractivity contribution in [2.24, 2.45) is 0 Å². The van der Waals surface area contributed by atoms with Crippen LogP contribution in [0.2, 0.25) is 0 Å². The Hall–Kier alpha value is -3.79.